The van der Waals surface area contributed by atoms with Crippen LogP contribution in [0.3, 0.4) is 0 Å². The molecular weight excluding hydrogens is 276 g/mol. The average Bonchev–Trinajstić information content (AvgIpc) is 2.95. The molecule has 3 heteroatoms. The minimum Gasteiger partial charge on any atom is -0.311 e. The van der Waals surface area contributed by atoms with Crippen LogP contribution in [0, 0.1) is 5.41 Å². The predicted molar refractivity (Wildman–Crippen MR) is 96.1 cm³/mol. The topological polar surface area (TPSA) is 15.3 Å². The van der Waals surface area contributed by atoms with Gasteiger partial charge >= 0.3 is 0 Å². The highest BCUT2D eigenvalue weighted by atomic mass is 32.1. The van der Waals surface area contributed by atoms with Crippen molar-refractivity contribution in [2.24, 2.45) is 5.41 Å². The van der Waals surface area contributed by atoms with Crippen LogP contribution in [-0.4, -0.2) is 30.6 Å². The zero-order valence-electron chi connectivity index (χ0n) is 15.0. The van der Waals surface area contributed by atoms with Gasteiger partial charge in [-0.3, -0.25) is 4.90 Å². The molecule has 0 bridgehead atoms. The molecule has 0 amide bonds. The van der Waals surface area contributed by atoms with Crippen molar-refractivity contribution in [3.05, 3.63) is 22.4 Å². The van der Waals surface area contributed by atoms with Crippen molar-refractivity contribution >= 4 is 11.3 Å². The number of hydrogen-bond acceptors (Lipinski definition) is 3. The Labute approximate surface area is 135 Å². The molecule has 1 N–H and O–H groups in total. The molecule has 1 unspecified atom stereocenters. The predicted octanol–water partition coefficient (Wildman–Crippen LogP) is 4.94. The van der Waals surface area contributed by atoms with E-state index in [1.807, 2.05) is 11.3 Å². The fourth-order valence-corrected chi connectivity index (χ4v) is 3.49. The van der Waals surface area contributed by atoms with Crippen LogP contribution < -0.4 is 5.32 Å². The van der Waals surface area contributed by atoms with Crippen LogP contribution in [0.1, 0.15) is 65.3 Å². The molecule has 21 heavy (non-hydrogen) atoms. The second-order valence-electron chi connectivity index (χ2n) is 7.42. The third-order valence-corrected chi connectivity index (χ3v) is 5.74. The lowest BCUT2D eigenvalue weighted by Crippen LogP contribution is -2.48. The molecule has 1 atom stereocenters. The molecule has 0 radical (unpaired) electrons. The summed E-state index contributed by atoms with van der Waals surface area (Å²) in [7, 11) is 2.27. The average molecular weight is 311 g/mol. The molecule has 0 spiro atoms. The molecule has 0 aliphatic heterocycles. The van der Waals surface area contributed by atoms with Crippen molar-refractivity contribution in [3.8, 4) is 0 Å². The van der Waals surface area contributed by atoms with Gasteiger partial charge in [-0.1, -0.05) is 19.9 Å². The van der Waals surface area contributed by atoms with E-state index in [4.69, 9.17) is 0 Å². The Bertz CT molecular complexity index is 388. The summed E-state index contributed by atoms with van der Waals surface area (Å²) in [5.74, 6) is 0. The Balaban J connectivity index is 2.72. The maximum absolute atomic E-state index is 3.72. The molecule has 1 aromatic rings. The lowest BCUT2D eigenvalue weighted by molar-refractivity contribution is 0.121. The highest BCUT2D eigenvalue weighted by Crippen LogP contribution is 2.31. The SMILES string of the molecule is CCC(CC)(CNC(C)(C)C)CN(C)C(C)c1cccs1. The quantitative estimate of drug-likeness (QED) is 0.732. The van der Waals surface area contributed by atoms with Crippen molar-refractivity contribution in [2.45, 2.75) is 66.0 Å². The van der Waals surface area contributed by atoms with Crippen molar-refractivity contribution in [1.29, 1.82) is 0 Å². The Morgan fingerprint density at radius 1 is 1.24 bits per heavy atom. The first-order valence-electron chi connectivity index (χ1n) is 8.21. The fourth-order valence-electron chi connectivity index (χ4n) is 2.64. The Morgan fingerprint density at radius 2 is 1.86 bits per heavy atom. The first-order chi connectivity index (χ1) is 9.73. The minimum absolute atomic E-state index is 0.188. The van der Waals surface area contributed by atoms with E-state index in [1.54, 1.807) is 0 Å². The number of nitrogens with zero attached hydrogens (tertiary/aromatic N) is 1. The second kappa shape index (κ2) is 7.75. The van der Waals surface area contributed by atoms with Gasteiger partial charge in [0, 0.05) is 29.5 Å². The van der Waals surface area contributed by atoms with Gasteiger partial charge in [-0.2, -0.15) is 0 Å². The van der Waals surface area contributed by atoms with Crippen molar-refractivity contribution in [2.75, 3.05) is 20.1 Å². The smallest absolute Gasteiger partial charge is 0.0410 e. The van der Waals surface area contributed by atoms with E-state index in [1.165, 1.54) is 17.7 Å². The maximum atomic E-state index is 3.72. The summed E-state index contributed by atoms with van der Waals surface area (Å²) < 4.78 is 0. The third kappa shape index (κ3) is 5.72. The van der Waals surface area contributed by atoms with Crippen LogP contribution in [0.15, 0.2) is 17.5 Å². The summed E-state index contributed by atoms with van der Waals surface area (Å²) in [6, 6.07) is 4.90. The molecule has 0 aliphatic carbocycles. The highest BCUT2D eigenvalue weighted by molar-refractivity contribution is 7.10. The molecule has 1 heterocycles. The number of rotatable bonds is 8. The fraction of sp³-hybridized carbons (Fsp3) is 0.778. The van der Waals surface area contributed by atoms with Crippen molar-refractivity contribution in [3.63, 3.8) is 0 Å². The number of nitrogens with one attached hydrogen (secondary N) is 1. The monoisotopic (exact) mass is 310 g/mol. The highest BCUT2D eigenvalue weighted by Gasteiger charge is 2.30. The second-order valence-corrected chi connectivity index (χ2v) is 8.40. The molecule has 2 nitrogen and oxygen atoms in total. The first kappa shape index (κ1) is 18.7. The lowest BCUT2D eigenvalue weighted by atomic mass is 9.80. The van der Waals surface area contributed by atoms with E-state index in [0.29, 0.717) is 11.5 Å². The Morgan fingerprint density at radius 3 is 2.29 bits per heavy atom. The van der Waals surface area contributed by atoms with Crippen LogP contribution in [0.2, 0.25) is 0 Å². The van der Waals surface area contributed by atoms with E-state index in [-0.39, 0.29) is 5.54 Å². The van der Waals surface area contributed by atoms with Gasteiger partial charge in [-0.25, -0.2) is 0 Å². The van der Waals surface area contributed by atoms with Crippen LogP contribution in [0.5, 0.6) is 0 Å². The van der Waals surface area contributed by atoms with Gasteiger partial charge in [0.25, 0.3) is 0 Å². The van der Waals surface area contributed by atoms with Crippen LogP contribution in [-0.2, 0) is 0 Å². The summed E-state index contributed by atoms with van der Waals surface area (Å²) in [6.45, 7) is 16.0. The molecular formula is C18H34N2S. The van der Waals surface area contributed by atoms with E-state index >= 15 is 0 Å². The van der Waals surface area contributed by atoms with E-state index < -0.39 is 0 Å². The molecule has 0 aromatic carbocycles. The summed E-state index contributed by atoms with van der Waals surface area (Å²) in [6.07, 6.45) is 2.43. The van der Waals surface area contributed by atoms with Gasteiger partial charge in [-0.15, -0.1) is 11.3 Å². The molecule has 122 valence electrons. The van der Waals surface area contributed by atoms with Crippen molar-refractivity contribution in [1.82, 2.24) is 10.2 Å². The van der Waals surface area contributed by atoms with E-state index in [0.717, 1.165) is 13.1 Å². The Kier molecular flexibility index (Phi) is 6.89. The van der Waals surface area contributed by atoms with Gasteiger partial charge < -0.3 is 5.32 Å². The molecule has 0 saturated carbocycles. The molecule has 1 rings (SSSR count). The first-order valence-corrected chi connectivity index (χ1v) is 9.09. The lowest BCUT2D eigenvalue weighted by Gasteiger charge is -2.40. The molecule has 0 saturated heterocycles. The minimum atomic E-state index is 0.188. The van der Waals surface area contributed by atoms with Gasteiger partial charge in [0.15, 0.2) is 0 Å². The van der Waals surface area contributed by atoms with Crippen LogP contribution in [0.25, 0.3) is 0 Å². The van der Waals surface area contributed by atoms with Crippen LogP contribution in [0.4, 0.5) is 0 Å². The normalized spacial score (nSPS) is 14.7. The Hall–Kier alpha value is -0.380. The maximum Gasteiger partial charge on any atom is 0.0410 e. The van der Waals surface area contributed by atoms with Gasteiger partial charge in [0.05, 0.1) is 0 Å². The van der Waals surface area contributed by atoms with Gasteiger partial charge in [0.1, 0.15) is 0 Å². The summed E-state index contributed by atoms with van der Waals surface area (Å²) in [5, 5.41) is 5.89. The standard InChI is InChI=1S/C18H34N2S/c1-8-18(9-2,13-19-17(4,5)6)14-20(7)15(3)16-11-10-12-21-16/h10-12,15,19H,8-9,13-14H2,1-7H3. The van der Waals surface area contributed by atoms with Gasteiger partial charge in [0.2, 0.25) is 0 Å². The number of thiophene rings is 1. The zero-order chi connectivity index (χ0) is 16.1. The molecule has 0 aliphatic rings. The molecule has 1 aromatic heterocycles. The van der Waals surface area contributed by atoms with Crippen LogP contribution >= 0.6 is 11.3 Å². The van der Waals surface area contributed by atoms with E-state index in [9.17, 15) is 0 Å². The van der Waals surface area contributed by atoms with Gasteiger partial charge in [-0.05, 0) is 64.4 Å². The summed E-state index contributed by atoms with van der Waals surface area (Å²) >= 11 is 1.86. The van der Waals surface area contributed by atoms with E-state index in [2.05, 4.69) is 76.3 Å². The number of hydrogen-bond donors (Lipinski definition) is 1. The van der Waals surface area contributed by atoms with Crippen molar-refractivity contribution < 1.29 is 0 Å². The summed E-state index contributed by atoms with van der Waals surface area (Å²) in [4.78, 5) is 3.98. The molecule has 0 fully saturated rings. The summed E-state index contributed by atoms with van der Waals surface area (Å²) in [5.41, 5.74) is 0.543. The largest absolute Gasteiger partial charge is 0.311 e. The zero-order valence-corrected chi connectivity index (χ0v) is 15.8. The third-order valence-electron chi connectivity index (χ3n) is 4.69.